The van der Waals surface area contributed by atoms with Gasteiger partial charge in [0.05, 0.1) is 6.61 Å². The quantitative estimate of drug-likeness (QED) is 0.555. The van der Waals surface area contributed by atoms with Crippen LogP contribution >= 0.6 is 0 Å². The van der Waals surface area contributed by atoms with E-state index in [0.29, 0.717) is 18.5 Å². The largest absolute Gasteiger partial charge is 0.477 e. The minimum absolute atomic E-state index is 0.413. The molecule has 29 heavy (non-hydrogen) atoms. The number of nitrogens with one attached hydrogen (secondary N) is 2. The first-order chi connectivity index (χ1) is 14.3. The summed E-state index contributed by atoms with van der Waals surface area (Å²) >= 11 is 0. The Bertz CT molecular complexity index is 800. The van der Waals surface area contributed by atoms with Crippen LogP contribution in [-0.2, 0) is 6.54 Å². The van der Waals surface area contributed by atoms with E-state index in [9.17, 15) is 0 Å². The standard InChI is InChI=1S/C22H30N6O/c1-23-22(26-15-18-7-11-25-21(14-18)29-16-17-5-6-17)27-19-8-12-28(13-9-19)20-4-2-3-10-24-20/h2-4,7,10-11,14,17,19H,5-6,8-9,12-13,15-16H2,1H3,(H2,23,26,27). The second kappa shape index (κ2) is 9.58. The summed E-state index contributed by atoms with van der Waals surface area (Å²) in [5.41, 5.74) is 1.14. The predicted molar refractivity (Wildman–Crippen MR) is 115 cm³/mol. The number of anilines is 1. The second-order valence-corrected chi connectivity index (χ2v) is 7.78. The van der Waals surface area contributed by atoms with E-state index in [1.54, 1.807) is 0 Å². The third-order valence-corrected chi connectivity index (χ3v) is 5.46. The number of hydrogen-bond donors (Lipinski definition) is 2. The molecule has 2 fully saturated rings. The molecule has 2 aliphatic rings. The van der Waals surface area contributed by atoms with Gasteiger partial charge in [-0.15, -0.1) is 0 Å². The molecule has 0 atom stereocenters. The van der Waals surface area contributed by atoms with Gasteiger partial charge in [0.15, 0.2) is 5.96 Å². The maximum Gasteiger partial charge on any atom is 0.213 e. The van der Waals surface area contributed by atoms with Gasteiger partial charge in [-0.25, -0.2) is 9.97 Å². The maximum atomic E-state index is 5.78. The second-order valence-electron chi connectivity index (χ2n) is 7.78. The molecule has 1 aliphatic heterocycles. The van der Waals surface area contributed by atoms with Gasteiger partial charge in [-0.2, -0.15) is 0 Å². The summed E-state index contributed by atoms with van der Waals surface area (Å²) < 4.78 is 5.78. The molecule has 1 aliphatic carbocycles. The third-order valence-electron chi connectivity index (χ3n) is 5.46. The van der Waals surface area contributed by atoms with Crippen LogP contribution in [0, 0.1) is 5.92 Å². The van der Waals surface area contributed by atoms with Crippen LogP contribution < -0.4 is 20.3 Å². The van der Waals surface area contributed by atoms with E-state index in [1.165, 1.54) is 12.8 Å². The summed E-state index contributed by atoms with van der Waals surface area (Å²) in [7, 11) is 1.81. The van der Waals surface area contributed by atoms with E-state index in [4.69, 9.17) is 4.74 Å². The number of rotatable bonds is 7. The number of nitrogens with zero attached hydrogens (tertiary/aromatic N) is 4. The highest BCUT2D eigenvalue weighted by molar-refractivity contribution is 5.80. The lowest BCUT2D eigenvalue weighted by Gasteiger charge is -2.33. The van der Waals surface area contributed by atoms with Gasteiger partial charge in [0.1, 0.15) is 5.82 Å². The fraction of sp³-hybridized carbons (Fsp3) is 0.500. The van der Waals surface area contributed by atoms with Crippen molar-refractivity contribution in [1.82, 2.24) is 20.6 Å². The van der Waals surface area contributed by atoms with Crippen LogP contribution in [0.5, 0.6) is 5.88 Å². The number of ether oxygens (including phenoxy) is 1. The lowest BCUT2D eigenvalue weighted by atomic mass is 10.1. The van der Waals surface area contributed by atoms with E-state index in [2.05, 4.69) is 36.6 Å². The van der Waals surface area contributed by atoms with E-state index in [1.807, 2.05) is 43.7 Å². The Hall–Kier alpha value is -2.83. The molecule has 0 unspecified atom stereocenters. The van der Waals surface area contributed by atoms with Crippen molar-refractivity contribution in [3.8, 4) is 5.88 Å². The first kappa shape index (κ1) is 19.5. The maximum absolute atomic E-state index is 5.78. The number of pyridine rings is 2. The van der Waals surface area contributed by atoms with E-state index in [-0.39, 0.29) is 0 Å². The molecule has 0 aromatic carbocycles. The molecule has 0 amide bonds. The first-order valence-corrected chi connectivity index (χ1v) is 10.5. The zero-order chi connectivity index (χ0) is 19.9. The third kappa shape index (κ3) is 5.82. The fourth-order valence-electron chi connectivity index (χ4n) is 3.49. The van der Waals surface area contributed by atoms with Crippen molar-refractivity contribution in [2.45, 2.75) is 38.3 Å². The van der Waals surface area contributed by atoms with Crippen LogP contribution in [0.3, 0.4) is 0 Å². The summed E-state index contributed by atoms with van der Waals surface area (Å²) in [4.78, 5) is 15.5. The number of aliphatic imine (C=N–C) groups is 1. The molecule has 4 rings (SSSR count). The Morgan fingerprint density at radius 1 is 1.14 bits per heavy atom. The smallest absolute Gasteiger partial charge is 0.213 e. The molecular formula is C22H30N6O. The zero-order valence-electron chi connectivity index (χ0n) is 17.1. The topological polar surface area (TPSA) is 74.7 Å². The minimum atomic E-state index is 0.413. The molecule has 7 heteroatoms. The normalized spacial score (nSPS) is 17.8. The van der Waals surface area contributed by atoms with Crippen LogP contribution in [0.4, 0.5) is 5.82 Å². The van der Waals surface area contributed by atoms with Gasteiger partial charge in [-0.1, -0.05) is 6.07 Å². The SMILES string of the molecule is CN=C(NCc1ccnc(OCC2CC2)c1)NC1CCN(c2ccccn2)CC1. The molecule has 154 valence electrons. The van der Waals surface area contributed by atoms with Gasteiger partial charge in [-0.05, 0) is 55.4 Å². The van der Waals surface area contributed by atoms with Crippen molar-refractivity contribution in [2.24, 2.45) is 10.9 Å². The molecule has 2 aromatic rings. The van der Waals surface area contributed by atoms with Gasteiger partial charge in [-0.3, -0.25) is 4.99 Å². The fourth-order valence-corrected chi connectivity index (χ4v) is 3.49. The molecule has 0 bridgehead atoms. The van der Waals surface area contributed by atoms with E-state index < -0.39 is 0 Å². The van der Waals surface area contributed by atoms with Gasteiger partial charge >= 0.3 is 0 Å². The minimum Gasteiger partial charge on any atom is -0.477 e. The van der Waals surface area contributed by atoms with Gasteiger partial charge in [0.25, 0.3) is 0 Å². The van der Waals surface area contributed by atoms with Gasteiger partial charge in [0, 0.05) is 51.2 Å². The Morgan fingerprint density at radius 2 is 2.00 bits per heavy atom. The Labute approximate surface area is 172 Å². The van der Waals surface area contributed by atoms with Crippen molar-refractivity contribution in [3.63, 3.8) is 0 Å². The van der Waals surface area contributed by atoms with E-state index in [0.717, 1.165) is 55.8 Å². The Morgan fingerprint density at radius 3 is 2.72 bits per heavy atom. The van der Waals surface area contributed by atoms with Crippen LogP contribution in [0.15, 0.2) is 47.7 Å². The van der Waals surface area contributed by atoms with Gasteiger partial charge < -0.3 is 20.3 Å². The van der Waals surface area contributed by atoms with Crippen molar-refractivity contribution >= 4 is 11.8 Å². The zero-order valence-corrected chi connectivity index (χ0v) is 17.1. The van der Waals surface area contributed by atoms with Crippen LogP contribution in [0.1, 0.15) is 31.2 Å². The summed E-state index contributed by atoms with van der Waals surface area (Å²) in [6.45, 7) is 3.47. The van der Waals surface area contributed by atoms with Crippen LogP contribution in [-0.4, -0.2) is 48.7 Å². The van der Waals surface area contributed by atoms with Crippen molar-refractivity contribution in [2.75, 3.05) is 31.6 Å². The van der Waals surface area contributed by atoms with E-state index >= 15 is 0 Å². The highest BCUT2D eigenvalue weighted by Crippen LogP contribution is 2.29. The number of piperidine rings is 1. The lowest BCUT2D eigenvalue weighted by molar-refractivity contribution is 0.288. The molecule has 2 N–H and O–H groups in total. The first-order valence-electron chi connectivity index (χ1n) is 10.5. The highest BCUT2D eigenvalue weighted by Gasteiger charge is 2.22. The summed E-state index contributed by atoms with van der Waals surface area (Å²) in [5.74, 6) is 3.33. The molecular weight excluding hydrogens is 364 g/mol. The molecule has 0 spiro atoms. The molecule has 2 aromatic heterocycles. The Kier molecular flexibility index (Phi) is 6.44. The lowest BCUT2D eigenvalue weighted by Crippen LogP contribution is -2.48. The highest BCUT2D eigenvalue weighted by atomic mass is 16.5. The number of guanidine groups is 1. The van der Waals surface area contributed by atoms with Crippen molar-refractivity contribution in [3.05, 3.63) is 48.3 Å². The average molecular weight is 395 g/mol. The predicted octanol–water partition coefficient (Wildman–Crippen LogP) is 2.60. The van der Waals surface area contributed by atoms with Crippen LogP contribution in [0.25, 0.3) is 0 Å². The average Bonchev–Trinajstić information content (AvgIpc) is 3.61. The summed E-state index contributed by atoms with van der Waals surface area (Å²) in [6.07, 6.45) is 8.35. The molecule has 1 saturated heterocycles. The number of hydrogen-bond acceptors (Lipinski definition) is 5. The summed E-state index contributed by atoms with van der Waals surface area (Å²) in [6, 6.07) is 10.5. The van der Waals surface area contributed by atoms with Gasteiger partial charge in [0.2, 0.25) is 5.88 Å². The molecule has 0 radical (unpaired) electrons. The monoisotopic (exact) mass is 394 g/mol. The Balaban J connectivity index is 1.22. The molecule has 1 saturated carbocycles. The molecule has 3 heterocycles. The molecule has 7 nitrogen and oxygen atoms in total. The number of aromatic nitrogens is 2. The van der Waals surface area contributed by atoms with Crippen molar-refractivity contribution in [1.29, 1.82) is 0 Å². The van der Waals surface area contributed by atoms with Crippen LogP contribution in [0.2, 0.25) is 0 Å². The van der Waals surface area contributed by atoms with Crippen molar-refractivity contribution < 1.29 is 4.74 Å². The summed E-state index contributed by atoms with van der Waals surface area (Å²) in [5, 5.41) is 6.97.